The van der Waals surface area contributed by atoms with Crippen molar-refractivity contribution in [3.8, 4) is 10.4 Å². The monoisotopic (exact) mass is 652 g/mol. The van der Waals surface area contributed by atoms with Crippen molar-refractivity contribution in [1.29, 1.82) is 0 Å². The molecule has 9 nitrogen and oxygen atoms in total. The molecule has 1 spiro atoms. The summed E-state index contributed by atoms with van der Waals surface area (Å²) in [6, 6.07) is 14.6. The molecule has 2 amide bonds. The fraction of sp³-hybridized carbons (Fsp3) is 0.333. The number of anilines is 3. The summed E-state index contributed by atoms with van der Waals surface area (Å²) in [6.07, 6.45) is 5.36. The van der Waals surface area contributed by atoms with Crippen LogP contribution in [-0.4, -0.2) is 60.7 Å². The maximum Gasteiger partial charge on any atom is 0.345 e. The highest BCUT2D eigenvalue weighted by Crippen LogP contribution is 2.44. The van der Waals surface area contributed by atoms with E-state index in [2.05, 4.69) is 10.2 Å². The van der Waals surface area contributed by atoms with Crippen molar-refractivity contribution in [1.82, 2.24) is 4.98 Å². The maximum absolute atomic E-state index is 14.5. The van der Waals surface area contributed by atoms with Gasteiger partial charge in [0.15, 0.2) is 0 Å². The van der Waals surface area contributed by atoms with E-state index in [4.69, 9.17) is 9.72 Å². The van der Waals surface area contributed by atoms with Crippen molar-refractivity contribution in [2.24, 2.45) is 5.41 Å². The minimum Gasteiger partial charge on any atom is -0.477 e. The molecule has 2 saturated heterocycles. The first kappa shape index (κ1) is 29.8. The van der Waals surface area contributed by atoms with Gasteiger partial charge in [-0.1, -0.05) is 0 Å². The number of amides is 2. The van der Waals surface area contributed by atoms with Crippen LogP contribution in [0.2, 0.25) is 0 Å². The van der Waals surface area contributed by atoms with Gasteiger partial charge in [-0.15, -0.1) is 11.3 Å². The Labute approximate surface area is 275 Å². The molecule has 5 heterocycles. The van der Waals surface area contributed by atoms with Crippen LogP contribution in [-0.2, 0) is 24.0 Å². The lowest BCUT2D eigenvalue weighted by atomic mass is 9.73. The Morgan fingerprint density at radius 3 is 2.51 bits per heavy atom. The number of carboxylic acid groups (broad SMARTS) is 1. The van der Waals surface area contributed by atoms with E-state index in [-0.39, 0.29) is 28.7 Å². The number of benzene rings is 2. The highest BCUT2D eigenvalue weighted by molar-refractivity contribution is 7.17. The second kappa shape index (κ2) is 11.6. The molecule has 3 aliphatic heterocycles. The lowest BCUT2D eigenvalue weighted by Crippen LogP contribution is -2.59. The van der Waals surface area contributed by atoms with Crippen LogP contribution < -0.4 is 15.1 Å². The topological polar surface area (TPSA) is 112 Å². The molecule has 0 bridgehead atoms. The molecule has 240 valence electrons. The van der Waals surface area contributed by atoms with Crippen LogP contribution in [0.3, 0.4) is 0 Å². The highest BCUT2D eigenvalue weighted by atomic mass is 32.1. The summed E-state index contributed by atoms with van der Waals surface area (Å²) in [5, 5.41) is 12.5. The van der Waals surface area contributed by atoms with E-state index in [1.165, 1.54) is 12.1 Å². The molecule has 2 fully saturated rings. The fourth-order valence-electron chi connectivity index (χ4n) is 7.39. The molecule has 1 aliphatic carbocycles. The number of rotatable bonds is 5. The number of aromatic nitrogens is 1. The Balaban J connectivity index is 1.02. The average molecular weight is 653 g/mol. The number of hydrogen-bond donors (Lipinski definition) is 2. The number of carboxylic acids is 1. The summed E-state index contributed by atoms with van der Waals surface area (Å²) in [7, 11) is 0. The van der Waals surface area contributed by atoms with Gasteiger partial charge in [0.2, 0.25) is 0 Å². The third-order valence-corrected chi connectivity index (χ3v) is 11.1. The normalized spacial score (nSPS) is 17.7. The zero-order chi connectivity index (χ0) is 32.3. The molecule has 11 heteroatoms. The number of aromatic carboxylic acids is 1. The number of aryl methyl sites for hydroxylation is 2. The van der Waals surface area contributed by atoms with Gasteiger partial charge in [-0.25, -0.2) is 14.2 Å². The van der Waals surface area contributed by atoms with Crippen molar-refractivity contribution in [3.63, 3.8) is 0 Å². The van der Waals surface area contributed by atoms with E-state index in [0.29, 0.717) is 34.5 Å². The predicted octanol–water partition coefficient (Wildman–Crippen LogP) is 6.21. The van der Waals surface area contributed by atoms with Crippen molar-refractivity contribution in [3.05, 3.63) is 93.2 Å². The quantitative estimate of drug-likeness (QED) is 0.264. The molecular weight excluding hydrogens is 619 g/mol. The van der Waals surface area contributed by atoms with Gasteiger partial charge in [0, 0.05) is 65.6 Å². The average Bonchev–Trinajstić information content (AvgIpc) is 3.68. The molecule has 47 heavy (non-hydrogen) atoms. The van der Waals surface area contributed by atoms with Crippen LogP contribution in [0.15, 0.2) is 54.6 Å². The number of pyridine rings is 1. The van der Waals surface area contributed by atoms with Gasteiger partial charge in [0.1, 0.15) is 16.5 Å². The van der Waals surface area contributed by atoms with E-state index in [9.17, 15) is 23.9 Å². The first-order valence-electron chi connectivity index (χ1n) is 16.0. The summed E-state index contributed by atoms with van der Waals surface area (Å²) in [6.45, 7) is 3.56. The second-order valence-corrected chi connectivity index (χ2v) is 14.0. The molecule has 2 N–H and O–H groups in total. The summed E-state index contributed by atoms with van der Waals surface area (Å²) < 4.78 is 20.1. The number of carbonyl (C=O) groups is 3. The highest BCUT2D eigenvalue weighted by Gasteiger charge is 2.45. The van der Waals surface area contributed by atoms with E-state index < -0.39 is 11.8 Å². The molecule has 0 unspecified atom stereocenters. The Morgan fingerprint density at radius 1 is 0.957 bits per heavy atom. The fourth-order valence-corrected chi connectivity index (χ4v) is 8.47. The first-order chi connectivity index (χ1) is 22.8. The van der Waals surface area contributed by atoms with Gasteiger partial charge < -0.3 is 25.0 Å². The van der Waals surface area contributed by atoms with E-state index in [0.717, 1.165) is 97.3 Å². The zero-order valence-electron chi connectivity index (χ0n) is 25.7. The van der Waals surface area contributed by atoms with E-state index in [1.807, 2.05) is 6.07 Å². The second-order valence-electron chi connectivity index (χ2n) is 13.0. The molecule has 8 rings (SSSR count). The summed E-state index contributed by atoms with van der Waals surface area (Å²) in [5.41, 5.74) is 5.78. The number of nitrogens with zero attached hydrogens (tertiary/aromatic N) is 3. The number of carbonyl (C=O) groups excluding carboxylic acids is 2. The predicted molar refractivity (Wildman–Crippen MR) is 177 cm³/mol. The lowest BCUT2D eigenvalue weighted by molar-refractivity contribution is -0.000522. The summed E-state index contributed by atoms with van der Waals surface area (Å²) >= 11 is 1.13. The van der Waals surface area contributed by atoms with Gasteiger partial charge in [0.25, 0.3) is 11.8 Å². The maximum atomic E-state index is 14.5. The smallest absolute Gasteiger partial charge is 0.345 e. The number of hydrogen-bond acceptors (Lipinski definition) is 7. The molecule has 2 aromatic heterocycles. The van der Waals surface area contributed by atoms with Crippen LogP contribution >= 0.6 is 11.3 Å². The van der Waals surface area contributed by atoms with Gasteiger partial charge in [-0.3, -0.25) is 9.59 Å². The van der Waals surface area contributed by atoms with Crippen LogP contribution in [0, 0.1) is 11.2 Å². The van der Waals surface area contributed by atoms with Gasteiger partial charge in [0.05, 0.1) is 11.3 Å². The molecular formula is C36H33FN4O5S. The van der Waals surface area contributed by atoms with Crippen LogP contribution in [0.1, 0.15) is 66.5 Å². The van der Waals surface area contributed by atoms with Crippen LogP contribution in [0.25, 0.3) is 10.4 Å². The minimum atomic E-state index is -1.01. The Bertz CT molecular complexity index is 1930. The molecule has 4 aliphatic rings. The number of ether oxygens (including phenoxy) is 1. The van der Waals surface area contributed by atoms with E-state index in [1.54, 1.807) is 41.3 Å². The third kappa shape index (κ3) is 5.37. The van der Waals surface area contributed by atoms with Gasteiger partial charge >= 0.3 is 5.97 Å². The number of halogens is 1. The third-order valence-electron chi connectivity index (χ3n) is 9.94. The van der Waals surface area contributed by atoms with Gasteiger partial charge in [-0.05, 0) is 104 Å². The Morgan fingerprint density at radius 2 is 1.74 bits per heavy atom. The zero-order valence-corrected chi connectivity index (χ0v) is 26.5. The number of thiophene rings is 1. The molecule has 4 aromatic rings. The van der Waals surface area contributed by atoms with Crippen molar-refractivity contribution >= 4 is 46.3 Å². The van der Waals surface area contributed by atoms with Crippen molar-refractivity contribution in [2.45, 2.75) is 38.5 Å². The van der Waals surface area contributed by atoms with Crippen molar-refractivity contribution in [2.75, 3.05) is 48.0 Å². The van der Waals surface area contributed by atoms with E-state index >= 15 is 0 Å². The SMILES string of the molecule is O=C(O)c1cc2c(s1)-c1ccc(F)cc1N(C(=O)c1ccc(NC(=O)c3cc4c(nc3N3CC5(CCOCC5)C3)CCC4)cc1)CC2. The van der Waals surface area contributed by atoms with Crippen molar-refractivity contribution < 1.29 is 28.6 Å². The van der Waals surface area contributed by atoms with Gasteiger partial charge in [-0.2, -0.15) is 0 Å². The largest absolute Gasteiger partial charge is 0.477 e. The number of fused-ring (bicyclic) bond motifs is 4. The molecule has 2 aromatic carbocycles. The standard InChI is InChI=1S/C36H33FN4O5S/c37-24-6-9-26-29(18-24)41(13-10-23-17-30(35(44)45)47-31(23)26)34(43)21-4-7-25(8-5-21)38-33(42)27-16-22-2-1-3-28(22)39-32(27)40-19-36(20-40)11-14-46-15-12-36/h4-9,16-18H,1-3,10-15,19-20H2,(H,38,42)(H,44,45). The molecule has 0 radical (unpaired) electrons. The Hall–Kier alpha value is -4.61. The lowest BCUT2D eigenvalue weighted by Gasteiger charge is -2.53. The van der Waals surface area contributed by atoms with Crippen LogP contribution in [0.4, 0.5) is 21.6 Å². The number of nitrogens with one attached hydrogen (secondary N) is 1. The summed E-state index contributed by atoms with van der Waals surface area (Å²) in [4.78, 5) is 48.9. The first-order valence-corrected chi connectivity index (χ1v) is 16.8. The molecule has 0 atom stereocenters. The molecule has 0 saturated carbocycles. The Kier molecular flexibility index (Phi) is 7.33. The minimum absolute atomic E-state index is 0.207. The summed E-state index contributed by atoms with van der Waals surface area (Å²) in [5.74, 6) is -1.31. The van der Waals surface area contributed by atoms with Crippen LogP contribution in [0.5, 0.6) is 0 Å².